The minimum atomic E-state index is -0.00433. The normalized spacial score (nSPS) is 19.5. The van der Waals surface area contributed by atoms with Gasteiger partial charge in [0.05, 0.1) is 18.1 Å². The predicted molar refractivity (Wildman–Crippen MR) is 88.6 cm³/mol. The van der Waals surface area contributed by atoms with Gasteiger partial charge in [0.15, 0.2) is 0 Å². The van der Waals surface area contributed by atoms with Crippen LogP contribution in [-0.2, 0) is 4.79 Å². The van der Waals surface area contributed by atoms with E-state index in [9.17, 15) is 4.79 Å². The van der Waals surface area contributed by atoms with Crippen LogP contribution in [0.2, 0.25) is 0 Å². The molecule has 0 aliphatic heterocycles. The highest BCUT2D eigenvalue weighted by atomic mass is 16.5. The van der Waals surface area contributed by atoms with Gasteiger partial charge >= 0.3 is 0 Å². The second kappa shape index (κ2) is 5.43. The molecular weight excluding hydrogens is 290 g/mol. The second-order valence-electron chi connectivity index (χ2n) is 5.82. The van der Waals surface area contributed by atoms with E-state index in [1.807, 2.05) is 48.5 Å². The van der Waals surface area contributed by atoms with Gasteiger partial charge in [-0.15, -0.1) is 0 Å². The van der Waals surface area contributed by atoms with Crippen molar-refractivity contribution in [3.8, 4) is 5.75 Å². The number of ether oxygens (including phenoxy) is 1. The molecule has 0 bridgehead atoms. The number of benzene rings is 2. The highest BCUT2D eigenvalue weighted by Gasteiger charge is 2.44. The van der Waals surface area contributed by atoms with Crippen molar-refractivity contribution in [2.24, 2.45) is 5.92 Å². The molecule has 0 saturated heterocycles. The summed E-state index contributed by atoms with van der Waals surface area (Å²) >= 11 is 0. The van der Waals surface area contributed by atoms with Gasteiger partial charge in [0.2, 0.25) is 11.9 Å². The molecule has 2 unspecified atom stereocenters. The molecule has 2 aromatic carbocycles. The smallest absolute Gasteiger partial charge is 0.230 e. The number of nitrogens with zero attached hydrogens (tertiary/aromatic N) is 1. The molecule has 0 radical (unpaired) electrons. The fraction of sp³-hybridized carbons (Fsp3) is 0.222. The number of imidazole rings is 1. The van der Waals surface area contributed by atoms with Gasteiger partial charge in [-0.2, -0.15) is 0 Å². The molecule has 1 fully saturated rings. The molecule has 1 heterocycles. The van der Waals surface area contributed by atoms with E-state index in [1.165, 1.54) is 0 Å². The lowest BCUT2D eigenvalue weighted by Crippen LogP contribution is -2.15. The molecular formula is C18H17N3O2. The van der Waals surface area contributed by atoms with E-state index in [1.54, 1.807) is 7.11 Å². The lowest BCUT2D eigenvalue weighted by Gasteiger charge is -2.04. The number of rotatable bonds is 4. The quantitative estimate of drug-likeness (QED) is 0.777. The van der Waals surface area contributed by atoms with Crippen molar-refractivity contribution in [1.29, 1.82) is 0 Å². The molecule has 0 spiro atoms. The molecule has 5 nitrogen and oxygen atoms in total. The number of nitrogens with one attached hydrogen (secondary N) is 2. The van der Waals surface area contributed by atoms with Crippen molar-refractivity contribution in [1.82, 2.24) is 9.97 Å². The Balaban J connectivity index is 1.46. The maximum absolute atomic E-state index is 12.4. The fourth-order valence-corrected chi connectivity index (χ4v) is 2.95. The van der Waals surface area contributed by atoms with Gasteiger partial charge < -0.3 is 9.72 Å². The monoisotopic (exact) mass is 307 g/mol. The van der Waals surface area contributed by atoms with Crippen LogP contribution >= 0.6 is 0 Å². The molecule has 2 N–H and O–H groups in total. The van der Waals surface area contributed by atoms with E-state index in [2.05, 4.69) is 15.3 Å². The number of hydrogen-bond acceptors (Lipinski definition) is 3. The highest BCUT2D eigenvalue weighted by Crippen LogP contribution is 2.48. The first-order chi connectivity index (χ1) is 11.2. The Kier molecular flexibility index (Phi) is 3.26. The first kappa shape index (κ1) is 13.8. The molecule has 1 aromatic heterocycles. The number of para-hydroxylation sites is 2. The largest absolute Gasteiger partial charge is 0.497 e. The number of carbonyl (C=O) groups excluding carboxylic acids is 1. The Morgan fingerprint density at radius 2 is 2.13 bits per heavy atom. The minimum absolute atomic E-state index is 0.00433. The number of aromatic nitrogens is 2. The number of methoxy groups -OCH3 is 1. The Hall–Kier alpha value is -2.82. The molecule has 5 heteroatoms. The fourth-order valence-electron chi connectivity index (χ4n) is 2.95. The van der Waals surface area contributed by atoms with Crippen molar-refractivity contribution >= 4 is 22.9 Å². The molecule has 4 rings (SSSR count). The van der Waals surface area contributed by atoms with Gasteiger partial charge in [-0.3, -0.25) is 10.1 Å². The topological polar surface area (TPSA) is 67.0 Å². The zero-order valence-electron chi connectivity index (χ0n) is 12.7. The zero-order chi connectivity index (χ0) is 15.8. The van der Waals surface area contributed by atoms with Crippen LogP contribution in [0.25, 0.3) is 11.0 Å². The number of H-pyrrole nitrogens is 1. The van der Waals surface area contributed by atoms with Gasteiger partial charge in [0.1, 0.15) is 5.75 Å². The third kappa shape index (κ3) is 2.65. The van der Waals surface area contributed by atoms with Gasteiger partial charge in [-0.1, -0.05) is 24.3 Å². The summed E-state index contributed by atoms with van der Waals surface area (Å²) in [6.45, 7) is 0. The van der Waals surface area contributed by atoms with E-state index in [4.69, 9.17) is 4.74 Å². The van der Waals surface area contributed by atoms with Crippen molar-refractivity contribution in [2.75, 3.05) is 12.4 Å². The number of anilines is 1. The van der Waals surface area contributed by atoms with Crippen LogP contribution < -0.4 is 10.1 Å². The molecule has 116 valence electrons. The third-order valence-electron chi connectivity index (χ3n) is 4.28. The number of hydrogen-bond donors (Lipinski definition) is 2. The lowest BCUT2D eigenvalue weighted by atomic mass is 10.1. The van der Waals surface area contributed by atoms with Gasteiger partial charge in [-0.25, -0.2) is 4.98 Å². The van der Waals surface area contributed by atoms with Crippen molar-refractivity contribution in [3.63, 3.8) is 0 Å². The molecule has 1 amide bonds. The van der Waals surface area contributed by atoms with Gasteiger partial charge in [0, 0.05) is 5.92 Å². The minimum Gasteiger partial charge on any atom is -0.497 e. The summed E-state index contributed by atoms with van der Waals surface area (Å²) in [5.74, 6) is 1.60. The number of amides is 1. The van der Waals surface area contributed by atoms with Crippen LogP contribution in [0.1, 0.15) is 17.9 Å². The van der Waals surface area contributed by atoms with E-state index in [-0.39, 0.29) is 17.7 Å². The summed E-state index contributed by atoms with van der Waals surface area (Å²) < 4.78 is 5.24. The van der Waals surface area contributed by atoms with Crippen molar-refractivity contribution < 1.29 is 9.53 Å². The average Bonchev–Trinajstić information content (AvgIpc) is 3.28. The molecule has 3 aromatic rings. The van der Waals surface area contributed by atoms with Crippen molar-refractivity contribution in [2.45, 2.75) is 12.3 Å². The lowest BCUT2D eigenvalue weighted by molar-refractivity contribution is -0.117. The Bertz CT molecular complexity index is 838. The van der Waals surface area contributed by atoms with Crippen LogP contribution in [0.4, 0.5) is 5.95 Å². The average molecular weight is 307 g/mol. The first-order valence-electron chi connectivity index (χ1n) is 7.64. The summed E-state index contributed by atoms with van der Waals surface area (Å²) in [6.07, 6.45) is 0.860. The van der Waals surface area contributed by atoms with Crippen LogP contribution in [0.3, 0.4) is 0 Å². The summed E-state index contributed by atoms with van der Waals surface area (Å²) in [5, 5.41) is 2.88. The van der Waals surface area contributed by atoms with Gasteiger partial charge in [-0.05, 0) is 42.2 Å². The highest BCUT2D eigenvalue weighted by molar-refractivity contribution is 5.95. The summed E-state index contributed by atoms with van der Waals surface area (Å²) in [7, 11) is 1.65. The molecule has 1 aliphatic carbocycles. The van der Waals surface area contributed by atoms with Crippen LogP contribution in [0, 0.1) is 5.92 Å². The Morgan fingerprint density at radius 1 is 1.26 bits per heavy atom. The summed E-state index contributed by atoms with van der Waals surface area (Å²) in [4.78, 5) is 19.9. The standard InChI is InChI=1S/C18H17N3O2/c1-23-12-6-4-5-11(9-12)13-10-14(13)17(22)21-18-19-15-7-2-3-8-16(15)20-18/h2-9,13-14H,10H2,1H3,(H2,19,20,21,22). The van der Waals surface area contributed by atoms with Gasteiger partial charge in [0.25, 0.3) is 0 Å². The SMILES string of the molecule is COc1cccc(C2CC2C(=O)Nc2nc3ccccc3[nH]2)c1. The third-order valence-corrected chi connectivity index (χ3v) is 4.28. The molecule has 1 aliphatic rings. The van der Waals surface area contributed by atoms with E-state index in [0.29, 0.717) is 5.95 Å². The van der Waals surface area contributed by atoms with Crippen LogP contribution in [0.15, 0.2) is 48.5 Å². The number of carbonyl (C=O) groups is 1. The predicted octanol–water partition coefficient (Wildman–Crippen LogP) is 3.31. The van der Waals surface area contributed by atoms with Crippen LogP contribution in [0.5, 0.6) is 5.75 Å². The Labute approximate surface area is 133 Å². The maximum Gasteiger partial charge on any atom is 0.230 e. The first-order valence-corrected chi connectivity index (χ1v) is 7.64. The van der Waals surface area contributed by atoms with E-state index >= 15 is 0 Å². The van der Waals surface area contributed by atoms with Crippen molar-refractivity contribution in [3.05, 3.63) is 54.1 Å². The number of aromatic amines is 1. The maximum atomic E-state index is 12.4. The Morgan fingerprint density at radius 3 is 2.96 bits per heavy atom. The van der Waals surface area contributed by atoms with E-state index < -0.39 is 0 Å². The van der Waals surface area contributed by atoms with Crippen LogP contribution in [-0.4, -0.2) is 23.0 Å². The second-order valence-corrected chi connectivity index (χ2v) is 5.82. The number of fused-ring (bicyclic) bond motifs is 1. The molecule has 1 saturated carbocycles. The molecule has 23 heavy (non-hydrogen) atoms. The zero-order valence-corrected chi connectivity index (χ0v) is 12.7. The summed E-state index contributed by atoms with van der Waals surface area (Å²) in [5.41, 5.74) is 2.92. The molecule has 2 atom stereocenters. The van der Waals surface area contributed by atoms with E-state index in [0.717, 1.165) is 28.8 Å². The summed E-state index contributed by atoms with van der Waals surface area (Å²) in [6, 6.07) is 15.6.